The number of carbonyl (C=O) groups is 2. The van der Waals surface area contributed by atoms with E-state index in [1.54, 1.807) is 11.8 Å². The molecule has 1 unspecified atom stereocenters. The quantitative estimate of drug-likeness (QED) is 0.815. The molecular weight excluding hydrogens is 258 g/mol. The minimum Gasteiger partial charge on any atom is -0.344 e. The molecule has 0 aliphatic carbocycles. The van der Waals surface area contributed by atoms with E-state index >= 15 is 0 Å². The lowest BCUT2D eigenvalue weighted by atomic mass is 10.2. The minimum atomic E-state index is -0.413. The standard InChI is InChI=1S/C10H13N3O2S2/c1-5-9(16-2)17-10(11-5)13-8(15)6-3-4-7(14)12-6/h6H,3-4H2,1-2H3,(H,12,14)(H,11,13,15). The van der Waals surface area contributed by atoms with Crippen LogP contribution in [0.3, 0.4) is 0 Å². The average molecular weight is 271 g/mol. The van der Waals surface area contributed by atoms with Crippen LogP contribution in [0.5, 0.6) is 0 Å². The molecule has 5 nitrogen and oxygen atoms in total. The fourth-order valence-corrected chi connectivity index (χ4v) is 3.24. The average Bonchev–Trinajstić information content (AvgIpc) is 2.85. The molecule has 0 bridgehead atoms. The van der Waals surface area contributed by atoms with Crippen molar-refractivity contribution in [2.75, 3.05) is 11.6 Å². The maximum atomic E-state index is 11.8. The minimum absolute atomic E-state index is 0.0646. The van der Waals surface area contributed by atoms with E-state index in [4.69, 9.17) is 0 Å². The lowest BCUT2D eigenvalue weighted by molar-refractivity contribution is -0.122. The molecule has 1 saturated heterocycles. The number of amides is 2. The van der Waals surface area contributed by atoms with Crippen LogP contribution in [0.4, 0.5) is 5.13 Å². The molecule has 0 spiro atoms. The first-order chi connectivity index (χ1) is 8.10. The van der Waals surface area contributed by atoms with E-state index in [1.165, 1.54) is 11.3 Å². The summed E-state index contributed by atoms with van der Waals surface area (Å²) in [6, 6.07) is -0.413. The molecule has 1 aliphatic heterocycles. The molecule has 2 N–H and O–H groups in total. The summed E-state index contributed by atoms with van der Waals surface area (Å²) < 4.78 is 1.09. The summed E-state index contributed by atoms with van der Waals surface area (Å²) in [4.78, 5) is 27.1. The summed E-state index contributed by atoms with van der Waals surface area (Å²) in [5.41, 5.74) is 0.924. The van der Waals surface area contributed by atoms with E-state index in [-0.39, 0.29) is 11.8 Å². The smallest absolute Gasteiger partial charge is 0.248 e. The molecule has 1 fully saturated rings. The number of thiazole rings is 1. The van der Waals surface area contributed by atoms with Gasteiger partial charge in [-0.15, -0.1) is 11.8 Å². The van der Waals surface area contributed by atoms with Crippen molar-refractivity contribution >= 4 is 40.0 Å². The van der Waals surface area contributed by atoms with Crippen LogP contribution in [0.2, 0.25) is 0 Å². The van der Waals surface area contributed by atoms with Crippen molar-refractivity contribution in [1.82, 2.24) is 10.3 Å². The largest absolute Gasteiger partial charge is 0.344 e. The van der Waals surface area contributed by atoms with Gasteiger partial charge in [0, 0.05) is 6.42 Å². The summed E-state index contributed by atoms with van der Waals surface area (Å²) in [6.07, 6.45) is 2.96. The predicted octanol–water partition coefficient (Wildman–Crippen LogP) is 1.39. The van der Waals surface area contributed by atoms with Gasteiger partial charge in [0.2, 0.25) is 11.8 Å². The van der Waals surface area contributed by atoms with E-state index in [0.717, 1.165) is 9.90 Å². The second-order valence-electron chi connectivity index (χ2n) is 3.74. The van der Waals surface area contributed by atoms with Gasteiger partial charge >= 0.3 is 0 Å². The lowest BCUT2D eigenvalue weighted by Crippen LogP contribution is -2.37. The zero-order valence-corrected chi connectivity index (χ0v) is 11.2. The first kappa shape index (κ1) is 12.4. The molecule has 1 aromatic heterocycles. The van der Waals surface area contributed by atoms with Gasteiger partial charge in [0.15, 0.2) is 5.13 Å². The Balaban J connectivity index is 2.00. The summed E-state index contributed by atoms with van der Waals surface area (Å²) >= 11 is 3.07. The van der Waals surface area contributed by atoms with Crippen LogP contribution >= 0.6 is 23.1 Å². The predicted molar refractivity (Wildman–Crippen MR) is 68.4 cm³/mol. The Bertz CT molecular complexity index is 458. The number of carbonyl (C=O) groups excluding carboxylic acids is 2. The second-order valence-corrected chi connectivity index (χ2v) is 5.82. The molecule has 0 radical (unpaired) electrons. The summed E-state index contributed by atoms with van der Waals surface area (Å²) in [5.74, 6) is -0.248. The van der Waals surface area contributed by atoms with Crippen molar-refractivity contribution in [3.8, 4) is 0 Å². The third kappa shape index (κ3) is 2.78. The summed E-state index contributed by atoms with van der Waals surface area (Å²) in [6.45, 7) is 1.91. The van der Waals surface area contributed by atoms with E-state index in [0.29, 0.717) is 18.0 Å². The van der Waals surface area contributed by atoms with Crippen molar-refractivity contribution < 1.29 is 9.59 Å². The Morgan fingerprint density at radius 3 is 2.94 bits per heavy atom. The summed E-state index contributed by atoms with van der Waals surface area (Å²) in [5, 5.41) is 5.97. The highest BCUT2D eigenvalue weighted by molar-refractivity contribution is 8.00. The van der Waals surface area contributed by atoms with Gasteiger partial charge in [0.25, 0.3) is 0 Å². The number of nitrogens with one attached hydrogen (secondary N) is 2. The van der Waals surface area contributed by atoms with Gasteiger partial charge in [-0.1, -0.05) is 11.3 Å². The molecule has 7 heteroatoms. The fourth-order valence-electron chi connectivity index (χ4n) is 1.63. The molecule has 92 valence electrons. The van der Waals surface area contributed by atoms with Crippen molar-refractivity contribution in [3.05, 3.63) is 5.69 Å². The van der Waals surface area contributed by atoms with Crippen LogP contribution in [0.1, 0.15) is 18.5 Å². The Hall–Kier alpha value is -1.08. The first-order valence-electron chi connectivity index (χ1n) is 5.22. The maximum Gasteiger partial charge on any atom is 0.248 e. The monoisotopic (exact) mass is 271 g/mol. The highest BCUT2D eigenvalue weighted by Crippen LogP contribution is 2.30. The number of rotatable bonds is 3. The molecule has 17 heavy (non-hydrogen) atoms. The van der Waals surface area contributed by atoms with Crippen molar-refractivity contribution in [3.63, 3.8) is 0 Å². The number of thioether (sulfide) groups is 1. The molecule has 2 rings (SSSR count). The van der Waals surface area contributed by atoms with Crippen LogP contribution in [-0.4, -0.2) is 29.1 Å². The SMILES string of the molecule is CSc1sc(NC(=O)C2CCC(=O)N2)nc1C. The van der Waals surface area contributed by atoms with Crippen LogP contribution < -0.4 is 10.6 Å². The number of aromatic nitrogens is 1. The Morgan fingerprint density at radius 1 is 1.65 bits per heavy atom. The van der Waals surface area contributed by atoms with Crippen LogP contribution in [0.25, 0.3) is 0 Å². The van der Waals surface area contributed by atoms with E-state index in [9.17, 15) is 9.59 Å². The number of aryl methyl sites for hydroxylation is 1. The molecule has 1 atom stereocenters. The van der Waals surface area contributed by atoms with Gasteiger partial charge in [-0.05, 0) is 19.6 Å². The number of nitrogens with zero attached hydrogens (tertiary/aromatic N) is 1. The molecule has 1 aromatic rings. The van der Waals surface area contributed by atoms with E-state index < -0.39 is 6.04 Å². The van der Waals surface area contributed by atoms with Crippen LogP contribution in [0.15, 0.2) is 4.21 Å². The molecule has 1 aliphatic rings. The van der Waals surface area contributed by atoms with Gasteiger partial charge in [-0.2, -0.15) is 0 Å². The third-order valence-corrected chi connectivity index (χ3v) is 4.77. The van der Waals surface area contributed by atoms with Crippen molar-refractivity contribution in [2.24, 2.45) is 0 Å². The van der Waals surface area contributed by atoms with Crippen LogP contribution in [0, 0.1) is 6.92 Å². The molecule has 2 heterocycles. The first-order valence-corrected chi connectivity index (χ1v) is 7.26. The Kier molecular flexibility index (Phi) is 3.68. The second kappa shape index (κ2) is 5.05. The number of hydrogen-bond donors (Lipinski definition) is 2. The van der Waals surface area contributed by atoms with Gasteiger partial charge in [-0.3, -0.25) is 9.59 Å². The maximum absolute atomic E-state index is 11.8. The van der Waals surface area contributed by atoms with E-state index in [2.05, 4.69) is 15.6 Å². The normalized spacial score (nSPS) is 19.2. The van der Waals surface area contributed by atoms with Crippen molar-refractivity contribution in [1.29, 1.82) is 0 Å². The molecule has 2 amide bonds. The Morgan fingerprint density at radius 2 is 2.41 bits per heavy atom. The highest BCUT2D eigenvalue weighted by Gasteiger charge is 2.27. The fraction of sp³-hybridized carbons (Fsp3) is 0.500. The lowest BCUT2D eigenvalue weighted by Gasteiger charge is -2.08. The van der Waals surface area contributed by atoms with Gasteiger partial charge in [-0.25, -0.2) is 4.98 Å². The number of anilines is 1. The topological polar surface area (TPSA) is 71.1 Å². The highest BCUT2D eigenvalue weighted by atomic mass is 32.2. The zero-order chi connectivity index (χ0) is 12.4. The zero-order valence-electron chi connectivity index (χ0n) is 9.57. The summed E-state index contributed by atoms with van der Waals surface area (Å²) in [7, 11) is 0. The van der Waals surface area contributed by atoms with Crippen molar-refractivity contribution in [2.45, 2.75) is 30.0 Å². The molecule has 0 aromatic carbocycles. The van der Waals surface area contributed by atoms with Gasteiger partial charge < -0.3 is 10.6 Å². The van der Waals surface area contributed by atoms with Crippen LogP contribution in [-0.2, 0) is 9.59 Å². The third-order valence-electron chi connectivity index (χ3n) is 2.48. The van der Waals surface area contributed by atoms with Gasteiger partial charge in [0.05, 0.1) is 9.90 Å². The van der Waals surface area contributed by atoms with Gasteiger partial charge in [0.1, 0.15) is 6.04 Å². The molecular formula is C10H13N3O2S2. The van der Waals surface area contributed by atoms with E-state index in [1.807, 2.05) is 13.2 Å². The number of hydrogen-bond acceptors (Lipinski definition) is 5. The molecule has 0 saturated carbocycles. The Labute approximate surface area is 107 Å².